The number of hydrogen-bond donors (Lipinski definition) is 1. The molecule has 2 heterocycles. The zero-order chi connectivity index (χ0) is 13.1. The minimum atomic E-state index is -0.483. The molecule has 0 fully saturated rings. The van der Waals surface area contributed by atoms with Gasteiger partial charge in [0.15, 0.2) is 11.6 Å². The highest BCUT2D eigenvalue weighted by molar-refractivity contribution is 5.43. The van der Waals surface area contributed by atoms with Crippen LogP contribution in [0.2, 0.25) is 0 Å². The molecule has 4 nitrogen and oxygen atoms in total. The Morgan fingerprint density at radius 1 is 1.39 bits per heavy atom. The fourth-order valence-corrected chi connectivity index (χ4v) is 1.77. The van der Waals surface area contributed by atoms with Gasteiger partial charge in [-0.1, -0.05) is 0 Å². The SMILES string of the molecule is Cc1occc1CN(C)c1nccc(CO)c1F. The summed E-state index contributed by atoms with van der Waals surface area (Å²) in [5, 5.41) is 9.02. The fraction of sp³-hybridized carbons (Fsp3) is 0.308. The van der Waals surface area contributed by atoms with Gasteiger partial charge in [-0.05, 0) is 19.1 Å². The number of nitrogens with zero attached hydrogens (tertiary/aromatic N) is 2. The smallest absolute Gasteiger partial charge is 0.171 e. The summed E-state index contributed by atoms with van der Waals surface area (Å²) in [6.07, 6.45) is 3.09. The maximum absolute atomic E-state index is 14.0. The predicted molar refractivity (Wildman–Crippen MR) is 65.7 cm³/mol. The molecule has 0 amide bonds. The molecule has 2 aromatic heterocycles. The molecule has 0 saturated heterocycles. The van der Waals surface area contributed by atoms with E-state index in [0.29, 0.717) is 6.54 Å². The van der Waals surface area contributed by atoms with Crippen LogP contribution in [-0.4, -0.2) is 17.1 Å². The standard InChI is InChI=1S/C13H15FN2O2/c1-9-10(4-6-18-9)7-16(2)13-12(14)11(8-17)3-5-15-13/h3-6,17H,7-8H2,1-2H3. The van der Waals surface area contributed by atoms with Crippen molar-refractivity contribution >= 4 is 5.82 Å². The highest BCUT2D eigenvalue weighted by atomic mass is 19.1. The van der Waals surface area contributed by atoms with E-state index in [4.69, 9.17) is 9.52 Å². The van der Waals surface area contributed by atoms with Gasteiger partial charge in [0.05, 0.1) is 12.9 Å². The first-order valence-corrected chi connectivity index (χ1v) is 5.62. The second-order valence-electron chi connectivity index (χ2n) is 4.12. The van der Waals surface area contributed by atoms with Crippen molar-refractivity contribution in [3.63, 3.8) is 0 Å². The van der Waals surface area contributed by atoms with Crippen LogP contribution in [0.3, 0.4) is 0 Å². The van der Waals surface area contributed by atoms with Gasteiger partial charge >= 0.3 is 0 Å². The largest absolute Gasteiger partial charge is 0.469 e. The summed E-state index contributed by atoms with van der Waals surface area (Å²) in [6, 6.07) is 3.31. The molecule has 0 saturated carbocycles. The van der Waals surface area contributed by atoms with Crippen molar-refractivity contribution in [1.29, 1.82) is 0 Å². The summed E-state index contributed by atoms with van der Waals surface area (Å²) in [4.78, 5) is 5.69. The molecule has 96 valence electrons. The summed E-state index contributed by atoms with van der Waals surface area (Å²) in [7, 11) is 1.75. The Labute approximate surface area is 105 Å². The summed E-state index contributed by atoms with van der Waals surface area (Å²) in [6.45, 7) is 2.03. The number of pyridine rings is 1. The van der Waals surface area contributed by atoms with Crippen molar-refractivity contribution in [1.82, 2.24) is 4.98 Å². The van der Waals surface area contributed by atoms with Gasteiger partial charge in [0.25, 0.3) is 0 Å². The number of aromatic nitrogens is 1. The van der Waals surface area contributed by atoms with E-state index in [1.165, 1.54) is 12.3 Å². The Hall–Kier alpha value is -1.88. The van der Waals surface area contributed by atoms with Gasteiger partial charge < -0.3 is 14.4 Å². The van der Waals surface area contributed by atoms with E-state index < -0.39 is 5.82 Å². The van der Waals surface area contributed by atoms with Crippen molar-refractivity contribution in [2.45, 2.75) is 20.1 Å². The van der Waals surface area contributed by atoms with Crippen molar-refractivity contribution in [2.75, 3.05) is 11.9 Å². The molecule has 5 heteroatoms. The monoisotopic (exact) mass is 250 g/mol. The lowest BCUT2D eigenvalue weighted by atomic mass is 10.2. The maximum Gasteiger partial charge on any atom is 0.171 e. The number of hydrogen-bond acceptors (Lipinski definition) is 4. The number of furan rings is 1. The second-order valence-corrected chi connectivity index (χ2v) is 4.12. The average molecular weight is 250 g/mol. The quantitative estimate of drug-likeness (QED) is 0.904. The first-order chi connectivity index (χ1) is 8.63. The van der Waals surface area contributed by atoms with Crippen LogP contribution in [0, 0.1) is 12.7 Å². The Balaban J connectivity index is 2.24. The van der Waals surface area contributed by atoms with Crippen molar-refractivity contribution in [3.8, 4) is 0 Å². The Kier molecular flexibility index (Phi) is 3.62. The third-order valence-electron chi connectivity index (χ3n) is 2.86. The molecular formula is C13H15FN2O2. The van der Waals surface area contributed by atoms with E-state index in [9.17, 15) is 4.39 Å². The van der Waals surface area contributed by atoms with Crippen LogP contribution < -0.4 is 4.90 Å². The third kappa shape index (κ3) is 2.36. The predicted octanol–water partition coefficient (Wildman–Crippen LogP) is 2.25. The average Bonchev–Trinajstić information content (AvgIpc) is 2.75. The van der Waals surface area contributed by atoms with Crippen LogP contribution in [0.4, 0.5) is 10.2 Å². The summed E-state index contributed by atoms with van der Waals surface area (Å²) < 4.78 is 19.2. The Bertz CT molecular complexity index is 540. The first kappa shape index (κ1) is 12.6. The summed E-state index contributed by atoms with van der Waals surface area (Å²) in [5.41, 5.74) is 1.23. The topological polar surface area (TPSA) is 49.5 Å². The molecule has 0 aromatic carbocycles. The van der Waals surface area contributed by atoms with Gasteiger partial charge in [-0.15, -0.1) is 0 Å². The lowest BCUT2D eigenvalue weighted by molar-refractivity contribution is 0.275. The number of aliphatic hydroxyl groups excluding tert-OH is 1. The van der Waals surface area contributed by atoms with Gasteiger partial charge in [0.2, 0.25) is 0 Å². The maximum atomic E-state index is 14.0. The minimum absolute atomic E-state index is 0.224. The van der Waals surface area contributed by atoms with E-state index in [-0.39, 0.29) is 18.0 Å². The normalized spacial score (nSPS) is 10.7. The van der Waals surface area contributed by atoms with Crippen LogP contribution in [0.5, 0.6) is 0 Å². The lowest BCUT2D eigenvalue weighted by Gasteiger charge is -2.19. The van der Waals surface area contributed by atoms with Crippen molar-refractivity contribution in [2.24, 2.45) is 0 Å². The molecule has 0 bridgehead atoms. The van der Waals surface area contributed by atoms with Gasteiger partial charge in [-0.2, -0.15) is 0 Å². The zero-order valence-corrected chi connectivity index (χ0v) is 10.4. The fourth-order valence-electron chi connectivity index (χ4n) is 1.77. The molecule has 0 unspecified atom stereocenters. The van der Waals surface area contributed by atoms with E-state index in [1.54, 1.807) is 18.2 Å². The number of anilines is 1. The van der Waals surface area contributed by atoms with E-state index in [2.05, 4.69) is 4.98 Å². The Morgan fingerprint density at radius 2 is 2.17 bits per heavy atom. The van der Waals surface area contributed by atoms with Crippen molar-refractivity contribution < 1.29 is 13.9 Å². The second kappa shape index (κ2) is 5.18. The van der Waals surface area contributed by atoms with E-state index in [0.717, 1.165) is 11.3 Å². The first-order valence-electron chi connectivity index (χ1n) is 5.62. The zero-order valence-electron chi connectivity index (χ0n) is 10.4. The van der Waals surface area contributed by atoms with Crippen LogP contribution in [-0.2, 0) is 13.2 Å². The minimum Gasteiger partial charge on any atom is -0.469 e. The molecule has 0 atom stereocenters. The molecule has 2 rings (SSSR count). The summed E-state index contributed by atoms with van der Waals surface area (Å²) >= 11 is 0. The molecule has 0 aliphatic heterocycles. The molecule has 2 aromatic rings. The number of halogens is 1. The molecule has 0 aliphatic carbocycles. The summed E-state index contributed by atoms with van der Waals surface area (Å²) in [5.74, 6) is 0.548. The number of rotatable bonds is 4. The molecular weight excluding hydrogens is 235 g/mol. The highest BCUT2D eigenvalue weighted by Crippen LogP contribution is 2.21. The van der Waals surface area contributed by atoms with Gasteiger partial charge in [-0.25, -0.2) is 9.37 Å². The van der Waals surface area contributed by atoms with Gasteiger partial charge in [0.1, 0.15) is 5.76 Å². The molecule has 0 spiro atoms. The highest BCUT2D eigenvalue weighted by Gasteiger charge is 2.14. The molecule has 0 aliphatic rings. The third-order valence-corrected chi connectivity index (χ3v) is 2.86. The van der Waals surface area contributed by atoms with Crippen LogP contribution in [0.25, 0.3) is 0 Å². The van der Waals surface area contributed by atoms with Crippen LogP contribution >= 0.6 is 0 Å². The van der Waals surface area contributed by atoms with Crippen LogP contribution in [0.15, 0.2) is 29.0 Å². The molecule has 18 heavy (non-hydrogen) atoms. The van der Waals surface area contributed by atoms with E-state index in [1.807, 2.05) is 13.0 Å². The van der Waals surface area contributed by atoms with E-state index >= 15 is 0 Å². The van der Waals surface area contributed by atoms with Gasteiger partial charge in [-0.3, -0.25) is 0 Å². The Morgan fingerprint density at radius 3 is 2.78 bits per heavy atom. The lowest BCUT2D eigenvalue weighted by Crippen LogP contribution is -2.20. The number of aryl methyl sites for hydroxylation is 1. The van der Waals surface area contributed by atoms with Gasteiger partial charge in [0, 0.05) is 30.9 Å². The molecule has 1 N–H and O–H groups in total. The van der Waals surface area contributed by atoms with Crippen molar-refractivity contribution in [3.05, 3.63) is 47.3 Å². The number of aliphatic hydroxyl groups is 1. The van der Waals surface area contributed by atoms with Crippen LogP contribution in [0.1, 0.15) is 16.9 Å². The molecule has 0 radical (unpaired) electrons.